The van der Waals surface area contributed by atoms with Crippen molar-refractivity contribution < 1.29 is 13.9 Å². The third-order valence-electron chi connectivity index (χ3n) is 2.96. The van der Waals surface area contributed by atoms with Crippen molar-refractivity contribution in [1.82, 2.24) is 10.3 Å². The van der Waals surface area contributed by atoms with Crippen LogP contribution in [0, 0.1) is 11.7 Å². The monoisotopic (exact) mass is 267 g/mol. The minimum atomic E-state index is -0.773. The molecule has 1 aliphatic carbocycles. The molecule has 1 aromatic rings. The molecule has 1 amide bonds. The van der Waals surface area contributed by atoms with Crippen molar-refractivity contribution in [3.63, 3.8) is 0 Å². The van der Waals surface area contributed by atoms with E-state index in [9.17, 15) is 9.18 Å². The summed E-state index contributed by atoms with van der Waals surface area (Å²) in [5.74, 6) is -0.775. The fourth-order valence-corrected chi connectivity index (χ4v) is 1.64. The van der Waals surface area contributed by atoms with E-state index < -0.39 is 11.7 Å². The number of carbonyl (C=O) groups excluding carboxylic acids is 1. The van der Waals surface area contributed by atoms with E-state index in [1.165, 1.54) is 25.1 Å². The van der Waals surface area contributed by atoms with Crippen LogP contribution in [-0.4, -0.2) is 30.6 Å². The fraction of sp³-hybridized carbons (Fsp3) is 0.538. The second-order valence-electron chi connectivity index (χ2n) is 4.69. The van der Waals surface area contributed by atoms with Crippen LogP contribution in [0.5, 0.6) is 0 Å². The highest BCUT2D eigenvalue weighted by Gasteiger charge is 2.20. The SMILES string of the molecule is Nc1nccc(C(=O)NCCCOCC2CC2)c1F. The van der Waals surface area contributed by atoms with Crippen molar-refractivity contribution in [3.05, 3.63) is 23.6 Å². The van der Waals surface area contributed by atoms with Gasteiger partial charge in [0.25, 0.3) is 5.91 Å². The van der Waals surface area contributed by atoms with Crippen LogP contribution in [0.3, 0.4) is 0 Å². The number of aromatic nitrogens is 1. The highest BCUT2D eigenvalue weighted by molar-refractivity contribution is 5.95. The molecule has 6 heteroatoms. The van der Waals surface area contributed by atoms with Gasteiger partial charge in [0.1, 0.15) is 0 Å². The van der Waals surface area contributed by atoms with Crippen molar-refractivity contribution in [3.8, 4) is 0 Å². The number of halogens is 1. The van der Waals surface area contributed by atoms with Gasteiger partial charge >= 0.3 is 0 Å². The first kappa shape index (κ1) is 13.7. The maximum absolute atomic E-state index is 13.5. The number of nitrogens with one attached hydrogen (secondary N) is 1. The Balaban J connectivity index is 1.67. The van der Waals surface area contributed by atoms with Gasteiger partial charge < -0.3 is 15.8 Å². The van der Waals surface area contributed by atoms with Crippen LogP contribution >= 0.6 is 0 Å². The normalized spacial score (nSPS) is 14.4. The van der Waals surface area contributed by atoms with Gasteiger partial charge in [-0.25, -0.2) is 9.37 Å². The molecule has 1 aromatic heterocycles. The summed E-state index contributed by atoms with van der Waals surface area (Å²) in [4.78, 5) is 15.3. The second-order valence-corrected chi connectivity index (χ2v) is 4.69. The second kappa shape index (κ2) is 6.47. The quantitative estimate of drug-likeness (QED) is 0.731. The smallest absolute Gasteiger partial charge is 0.254 e. The molecule has 1 fully saturated rings. The van der Waals surface area contributed by atoms with E-state index in [0.29, 0.717) is 19.6 Å². The molecule has 104 valence electrons. The standard InChI is InChI=1S/C13H18FN3O2/c14-11-10(4-6-16-12(11)15)13(18)17-5-1-7-19-8-9-2-3-9/h4,6,9H,1-3,5,7-8H2,(H2,15,16)(H,17,18). The molecule has 5 nitrogen and oxygen atoms in total. The number of amides is 1. The highest BCUT2D eigenvalue weighted by Crippen LogP contribution is 2.28. The fourth-order valence-electron chi connectivity index (χ4n) is 1.64. The first-order valence-electron chi connectivity index (χ1n) is 6.44. The molecule has 0 spiro atoms. The van der Waals surface area contributed by atoms with Crippen molar-refractivity contribution in [2.45, 2.75) is 19.3 Å². The predicted molar refractivity (Wildman–Crippen MR) is 69.1 cm³/mol. The Bertz CT molecular complexity index is 450. The van der Waals surface area contributed by atoms with Crippen molar-refractivity contribution in [2.75, 3.05) is 25.5 Å². The number of hydrogen-bond donors (Lipinski definition) is 2. The van der Waals surface area contributed by atoms with E-state index in [1.54, 1.807) is 0 Å². The lowest BCUT2D eigenvalue weighted by Gasteiger charge is -2.07. The molecule has 0 bridgehead atoms. The maximum Gasteiger partial charge on any atom is 0.254 e. The van der Waals surface area contributed by atoms with Crippen molar-refractivity contribution >= 4 is 11.7 Å². The number of nitrogens with zero attached hydrogens (tertiary/aromatic N) is 1. The molecular formula is C13H18FN3O2. The third kappa shape index (κ3) is 4.17. The average molecular weight is 267 g/mol. The van der Waals surface area contributed by atoms with E-state index in [4.69, 9.17) is 10.5 Å². The lowest BCUT2D eigenvalue weighted by atomic mass is 10.2. The lowest BCUT2D eigenvalue weighted by molar-refractivity contribution is 0.0933. The zero-order chi connectivity index (χ0) is 13.7. The van der Waals surface area contributed by atoms with Gasteiger partial charge in [0.15, 0.2) is 11.6 Å². The molecule has 2 rings (SSSR count). The van der Waals surface area contributed by atoms with Gasteiger partial charge in [-0.15, -0.1) is 0 Å². The Morgan fingerprint density at radius 2 is 2.37 bits per heavy atom. The van der Waals surface area contributed by atoms with Crippen LogP contribution in [0.2, 0.25) is 0 Å². The Morgan fingerprint density at radius 1 is 1.58 bits per heavy atom. The lowest BCUT2D eigenvalue weighted by Crippen LogP contribution is -2.26. The van der Waals surface area contributed by atoms with Crippen molar-refractivity contribution in [1.29, 1.82) is 0 Å². The number of pyridine rings is 1. The molecule has 1 saturated carbocycles. The predicted octanol–water partition coefficient (Wildman–Crippen LogP) is 1.35. The molecule has 1 aliphatic rings. The molecule has 0 aromatic carbocycles. The largest absolute Gasteiger partial charge is 0.381 e. The van der Waals surface area contributed by atoms with E-state index in [-0.39, 0.29) is 11.4 Å². The molecular weight excluding hydrogens is 249 g/mol. The minimum Gasteiger partial charge on any atom is -0.381 e. The summed E-state index contributed by atoms with van der Waals surface area (Å²) >= 11 is 0. The van der Waals surface area contributed by atoms with Gasteiger partial charge in [-0.05, 0) is 31.2 Å². The summed E-state index contributed by atoms with van der Waals surface area (Å²) < 4.78 is 18.9. The molecule has 0 atom stereocenters. The van der Waals surface area contributed by atoms with Gasteiger partial charge in [-0.2, -0.15) is 0 Å². The zero-order valence-corrected chi connectivity index (χ0v) is 10.7. The third-order valence-corrected chi connectivity index (χ3v) is 2.96. The minimum absolute atomic E-state index is 0.0774. The van der Waals surface area contributed by atoms with Gasteiger partial charge in [0, 0.05) is 26.0 Å². The average Bonchev–Trinajstić information content (AvgIpc) is 3.20. The van der Waals surface area contributed by atoms with Crippen LogP contribution < -0.4 is 11.1 Å². The Labute approximate surface area is 111 Å². The topological polar surface area (TPSA) is 77.2 Å². The van der Waals surface area contributed by atoms with Crippen LogP contribution in [0.4, 0.5) is 10.2 Å². The van der Waals surface area contributed by atoms with E-state index in [0.717, 1.165) is 12.5 Å². The zero-order valence-electron chi connectivity index (χ0n) is 10.7. The number of ether oxygens (including phenoxy) is 1. The summed E-state index contributed by atoms with van der Waals surface area (Å²) in [6.45, 7) is 1.87. The Kier molecular flexibility index (Phi) is 4.68. The molecule has 0 saturated heterocycles. The number of nitrogen functional groups attached to an aromatic ring is 1. The summed E-state index contributed by atoms with van der Waals surface area (Å²) in [7, 11) is 0. The number of anilines is 1. The number of nitrogens with two attached hydrogens (primary N) is 1. The number of hydrogen-bond acceptors (Lipinski definition) is 4. The maximum atomic E-state index is 13.5. The molecule has 3 N–H and O–H groups in total. The van der Waals surface area contributed by atoms with Gasteiger partial charge in [0.05, 0.1) is 5.56 Å². The molecule has 0 radical (unpaired) electrons. The highest BCUT2D eigenvalue weighted by atomic mass is 19.1. The van der Waals surface area contributed by atoms with Gasteiger partial charge in [-0.3, -0.25) is 4.79 Å². The summed E-state index contributed by atoms with van der Waals surface area (Å²) in [6.07, 6.45) is 4.55. The first-order chi connectivity index (χ1) is 9.18. The van der Waals surface area contributed by atoms with E-state index >= 15 is 0 Å². The Hall–Kier alpha value is -1.69. The van der Waals surface area contributed by atoms with Crippen molar-refractivity contribution in [2.24, 2.45) is 5.92 Å². The van der Waals surface area contributed by atoms with E-state index in [1.807, 2.05) is 0 Å². The molecule has 0 aliphatic heterocycles. The van der Waals surface area contributed by atoms with E-state index in [2.05, 4.69) is 10.3 Å². The number of rotatable bonds is 7. The summed E-state index contributed by atoms with van der Waals surface area (Å²) in [5.41, 5.74) is 5.22. The molecule has 0 unspecified atom stereocenters. The molecule has 1 heterocycles. The molecule has 19 heavy (non-hydrogen) atoms. The van der Waals surface area contributed by atoms with Crippen LogP contribution in [0.1, 0.15) is 29.6 Å². The summed E-state index contributed by atoms with van der Waals surface area (Å²) in [6, 6.07) is 1.31. The van der Waals surface area contributed by atoms with Crippen LogP contribution in [0.15, 0.2) is 12.3 Å². The van der Waals surface area contributed by atoms with Gasteiger partial charge in [-0.1, -0.05) is 0 Å². The van der Waals surface area contributed by atoms with Crippen LogP contribution in [-0.2, 0) is 4.74 Å². The number of carbonyl (C=O) groups is 1. The van der Waals surface area contributed by atoms with Gasteiger partial charge in [0.2, 0.25) is 0 Å². The first-order valence-corrected chi connectivity index (χ1v) is 6.44. The Morgan fingerprint density at radius 3 is 3.11 bits per heavy atom. The summed E-state index contributed by atoms with van der Waals surface area (Å²) in [5, 5.41) is 2.63. The van der Waals surface area contributed by atoms with Crippen LogP contribution in [0.25, 0.3) is 0 Å².